The first-order valence-electron chi connectivity index (χ1n) is 38.1. The van der Waals surface area contributed by atoms with Crippen molar-refractivity contribution in [3.8, 4) is 67.5 Å². The minimum Gasteiger partial charge on any atom is -0.456 e. The summed E-state index contributed by atoms with van der Waals surface area (Å²) in [5, 5.41) is 9.62. The monoisotopic (exact) mass is 1410 g/mol. The molecule has 2 aliphatic heterocycles. The predicted molar refractivity (Wildman–Crippen MR) is 468 cm³/mol. The first-order chi connectivity index (χ1) is 54.2. The molecule has 0 fully saturated rings. The Balaban J connectivity index is 0.000000149. The van der Waals surface area contributed by atoms with Gasteiger partial charge in [0.15, 0.2) is 0 Å². The van der Waals surface area contributed by atoms with Gasteiger partial charge in [-0.05, 0) is 190 Å². The zero-order valence-electron chi connectivity index (χ0n) is 61.8. The molecule has 18 aromatic carbocycles. The highest BCUT2D eigenvalue weighted by atomic mass is 16.5. The van der Waals surface area contributed by atoms with Gasteiger partial charge in [0.2, 0.25) is 13.4 Å². The molecule has 110 heavy (non-hydrogen) atoms. The molecule has 2 aliphatic rings. The summed E-state index contributed by atoms with van der Waals surface area (Å²) in [5.74, 6) is 3.49. The Hall–Kier alpha value is -13.7. The van der Waals surface area contributed by atoms with Gasteiger partial charge in [-0.15, -0.1) is 0 Å². The molecule has 2 heterocycles. The van der Waals surface area contributed by atoms with Gasteiger partial charge in [0.25, 0.3) is 0 Å². The van der Waals surface area contributed by atoms with E-state index < -0.39 is 0 Å². The van der Waals surface area contributed by atoms with Gasteiger partial charge in [0, 0.05) is 68.2 Å². The largest absolute Gasteiger partial charge is 0.456 e. The van der Waals surface area contributed by atoms with E-state index >= 15 is 0 Å². The van der Waals surface area contributed by atoms with E-state index in [9.17, 15) is 0 Å². The van der Waals surface area contributed by atoms with E-state index in [4.69, 9.17) is 9.47 Å². The molecule has 0 unspecified atom stereocenters. The van der Waals surface area contributed by atoms with Crippen molar-refractivity contribution in [3.05, 3.63) is 411 Å². The molecule has 0 spiro atoms. The molecule has 0 aliphatic carbocycles. The lowest BCUT2D eigenvalue weighted by atomic mass is 9.34. The van der Waals surface area contributed by atoms with Gasteiger partial charge >= 0.3 is 0 Å². The summed E-state index contributed by atoms with van der Waals surface area (Å²) in [5.41, 5.74) is 29.2. The molecule has 0 amide bonds. The van der Waals surface area contributed by atoms with Crippen molar-refractivity contribution < 1.29 is 9.47 Å². The second-order valence-electron chi connectivity index (χ2n) is 29.2. The number of fused-ring (bicyclic) bond motifs is 6. The van der Waals surface area contributed by atoms with Crippen molar-refractivity contribution >= 4 is 123 Å². The molecule has 0 saturated carbocycles. The zero-order chi connectivity index (χ0) is 73.8. The molecule has 18 aromatic rings. The quantitative estimate of drug-likeness (QED) is 0.101. The zero-order valence-corrected chi connectivity index (χ0v) is 61.8. The van der Waals surface area contributed by atoms with Gasteiger partial charge in [-0.2, -0.15) is 0 Å². The van der Waals surface area contributed by atoms with Crippen LogP contribution in [0.5, 0.6) is 23.0 Å². The van der Waals surface area contributed by atoms with Gasteiger partial charge in [-0.1, -0.05) is 334 Å². The van der Waals surface area contributed by atoms with Gasteiger partial charge in [0.1, 0.15) is 23.0 Å². The SMILES string of the molecule is Cc1cccc(C)c1B(c1ccc2cc(-c3ccc4c5c(cccc35)Oc3cc(N(c5ccccc5)c5ccccc5)ccc3-4)ccc2c1)c1c(C)cccc1C.c1ccc(B(c2ccccc2)c2ccc3cc(-c4ccc5c6c(cccc46)Oc4cc(N(c6ccccc6)c6ccccc6)ccc4-5)ccc3c2)cc1. The number of nitrogens with zero attached hydrogens (tertiary/aromatic N) is 2. The minimum absolute atomic E-state index is 0.149. The molecular weight excluding hydrogens is 1330 g/mol. The predicted octanol–water partition coefficient (Wildman–Crippen LogP) is 24.1. The van der Waals surface area contributed by atoms with Crippen LogP contribution in [0.2, 0.25) is 0 Å². The van der Waals surface area contributed by atoms with Crippen LogP contribution in [-0.2, 0) is 0 Å². The number of aryl methyl sites for hydroxylation is 4. The number of hydrogen-bond acceptors (Lipinski definition) is 4. The smallest absolute Gasteiger partial charge is 0.242 e. The third-order valence-corrected chi connectivity index (χ3v) is 22.5. The normalized spacial score (nSPS) is 11.6. The van der Waals surface area contributed by atoms with Crippen LogP contribution in [0.15, 0.2) is 388 Å². The first kappa shape index (κ1) is 67.0. The molecule has 0 radical (unpaired) electrons. The highest BCUT2D eigenvalue weighted by molar-refractivity contribution is 6.97. The Bertz CT molecular complexity index is 6320. The molecular formula is C104H76B2N2O2. The van der Waals surface area contributed by atoms with E-state index in [1.54, 1.807) is 0 Å². The summed E-state index contributed by atoms with van der Waals surface area (Å²) in [6.07, 6.45) is 0. The summed E-state index contributed by atoms with van der Waals surface area (Å²) < 4.78 is 13.5. The number of rotatable bonds is 14. The number of hydrogen-bond donors (Lipinski definition) is 0. The van der Waals surface area contributed by atoms with Crippen molar-refractivity contribution in [3.63, 3.8) is 0 Å². The van der Waals surface area contributed by atoms with E-state index in [0.717, 1.165) is 79.0 Å². The molecule has 0 N–H and O–H groups in total. The Morgan fingerprint density at radius 2 is 0.527 bits per heavy atom. The lowest BCUT2D eigenvalue weighted by Gasteiger charge is -2.28. The second-order valence-corrected chi connectivity index (χ2v) is 29.2. The fraction of sp³-hybridized carbons (Fsp3) is 0.0385. The maximum atomic E-state index is 6.79. The third kappa shape index (κ3) is 12.3. The van der Waals surface area contributed by atoms with Crippen molar-refractivity contribution in [2.24, 2.45) is 0 Å². The lowest BCUT2D eigenvalue weighted by molar-refractivity contribution is 0.487. The molecule has 0 aromatic heterocycles. The van der Waals surface area contributed by atoms with Crippen LogP contribution in [0.25, 0.3) is 87.6 Å². The van der Waals surface area contributed by atoms with Crippen LogP contribution in [-0.4, -0.2) is 13.4 Å². The fourth-order valence-corrected chi connectivity index (χ4v) is 17.4. The van der Waals surface area contributed by atoms with Crippen LogP contribution >= 0.6 is 0 Å². The van der Waals surface area contributed by atoms with E-state index in [2.05, 4.69) is 426 Å². The van der Waals surface area contributed by atoms with E-state index in [-0.39, 0.29) is 13.4 Å². The van der Waals surface area contributed by atoms with Crippen molar-refractivity contribution in [2.45, 2.75) is 27.7 Å². The number of para-hydroxylation sites is 4. The van der Waals surface area contributed by atoms with Gasteiger partial charge in [-0.25, -0.2) is 0 Å². The Labute approximate surface area is 644 Å². The summed E-state index contributed by atoms with van der Waals surface area (Å²) in [7, 11) is 0. The number of ether oxygens (including phenoxy) is 2. The summed E-state index contributed by atoms with van der Waals surface area (Å²) >= 11 is 0. The minimum atomic E-state index is 0.149. The average molecular weight is 1410 g/mol. The van der Waals surface area contributed by atoms with Gasteiger partial charge in [0.05, 0.1) is 0 Å². The standard InChI is InChI=1S/C54H42BNO.C50H34BNO/c1-35-14-11-15-36(2)53(35)55(54-37(3)16-12-17-38(54)4)42-27-26-39-32-41(25-24-40(39)33-42)46-30-31-49-47-29-28-45(34-51(47)57-50-23-13-22-48(46)52(49)50)56(43-18-7-5-8-19-43)44-20-9-6-10-21-44;1-5-14-38(15-6-1)51(39-16-7-2-8-17-39)40-27-26-35-32-37(25-24-36(35)33-40)44-30-31-47-45-29-28-43(34-49(45)53-48-23-13-22-46(44)50(47)48)52(41-18-9-3-10-19-41)42-20-11-4-12-21-42/h5-34H,1-4H3;1-34H. The maximum absolute atomic E-state index is 6.79. The van der Waals surface area contributed by atoms with Crippen LogP contribution in [0.1, 0.15) is 22.3 Å². The lowest BCUT2D eigenvalue weighted by Crippen LogP contribution is -2.55. The summed E-state index contributed by atoms with van der Waals surface area (Å²) in [6, 6.07) is 140. The summed E-state index contributed by atoms with van der Waals surface area (Å²) in [4.78, 5) is 4.55. The van der Waals surface area contributed by atoms with E-state index in [0.29, 0.717) is 0 Å². The fourth-order valence-electron chi connectivity index (χ4n) is 17.4. The molecule has 4 nitrogen and oxygen atoms in total. The topological polar surface area (TPSA) is 24.9 Å². The maximum Gasteiger partial charge on any atom is 0.242 e. The molecule has 0 bridgehead atoms. The van der Waals surface area contributed by atoms with Crippen LogP contribution in [0, 0.1) is 27.7 Å². The van der Waals surface area contributed by atoms with E-state index in [1.165, 1.54) is 121 Å². The first-order valence-corrected chi connectivity index (χ1v) is 38.1. The number of benzene rings is 18. The van der Waals surface area contributed by atoms with E-state index in [1.807, 2.05) is 0 Å². The highest BCUT2D eigenvalue weighted by Crippen LogP contribution is 2.53. The molecule has 20 rings (SSSR count). The third-order valence-electron chi connectivity index (χ3n) is 22.5. The average Bonchev–Trinajstić information content (AvgIpc) is 0.714. The molecule has 0 saturated heterocycles. The van der Waals surface area contributed by atoms with Crippen molar-refractivity contribution in [1.82, 2.24) is 0 Å². The second kappa shape index (κ2) is 28.6. The summed E-state index contributed by atoms with van der Waals surface area (Å²) in [6.45, 7) is 9.33. The van der Waals surface area contributed by atoms with Crippen LogP contribution in [0.4, 0.5) is 34.1 Å². The van der Waals surface area contributed by atoms with Crippen molar-refractivity contribution in [2.75, 3.05) is 9.80 Å². The van der Waals surface area contributed by atoms with Gasteiger partial charge in [-0.3, -0.25) is 0 Å². The van der Waals surface area contributed by atoms with Crippen LogP contribution < -0.4 is 52.1 Å². The Kier molecular flexibility index (Phi) is 17.4. The Morgan fingerprint density at radius 1 is 0.209 bits per heavy atom. The number of anilines is 6. The highest BCUT2D eigenvalue weighted by Gasteiger charge is 2.31. The van der Waals surface area contributed by atoms with Crippen LogP contribution in [0.3, 0.4) is 0 Å². The van der Waals surface area contributed by atoms with Gasteiger partial charge < -0.3 is 19.3 Å². The van der Waals surface area contributed by atoms with Crippen molar-refractivity contribution in [1.29, 1.82) is 0 Å². The molecule has 0 atom stereocenters. The molecule has 6 heteroatoms. The Morgan fingerprint density at radius 3 is 0.909 bits per heavy atom. The molecule has 520 valence electrons.